The standard InChI is InChI=1S/C13H14O4/c1-2-3-9-4-6-10(7-5-9)11(14)8-12(15)13(16)17/h4-8,14H,2-3H2,1H3,(H,16,17)/b11-8-. The number of ketones is 1. The van der Waals surface area contributed by atoms with Crippen LogP contribution in [0, 0.1) is 0 Å². The van der Waals surface area contributed by atoms with Gasteiger partial charge >= 0.3 is 5.97 Å². The number of hydrogen-bond donors (Lipinski definition) is 2. The summed E-state index contributed by atoms with van der Waals surface area (Å²) < 4.78 is 0. The molecule has 4 heteroatoms. The maximum atomic E-state index is 10.9. The number of carboxylic acid groups (broad SMARTS) is 1. The third-order valence-electron chi connectivity index (χ3n) is 2.27. The zero-order valence-electron chi connectivity index (χ0n) is 9.51. The molecule has 1 aromatic carbocycles. The largest absolute Gasteiger partial charge is 0.507 e. The Morgan fingerprint density at radius 1 is 1.18 bits per heavy atom. The highest BCUT2D eigenvalue weighted by Crippen LogP contribution is 2.13. The van der Waals surface area contributed by atoms with Gasteiger partial charge in [0.25, 0.3) is 5.78 Å². The molecule has 0 bridgehead atoms. The zero-order chi connectivity index (χ0) is 12.8. The third kappa shape index (κ3) is 3.75. The molecule has 0 aliphatic rings. The predicted octanol–water partition coefficient (Wildman–Crippen LogP) is 2.19. The van der Waals surface area contributed by atoms with Crippen LogP contribution < -0.4 is 0 Å². The topological polar surface area (TPSA) is 74.6 Å². The highest BCUT2D eigenvalue weighted by atomic mass is 16.4. The number of aliphatic hydroxyl groups is 1. The van der Waals surface area contributed by atoms with Crippen LogP contribution in [-0.2, 0) is 16.0 Å². The maximum absolute atomic E-state index is 10.9. The van der Waals surface area contributed by atoms with Gasteiger partial charge in [0.2, 0.25) is 0 Å². The Hall–Kier alpha value is -2.10. The lowest BCUT2D eigenvalue weighted by Crippen LogP contribution is -2.09. The predicted molar refractivity (Wildman–Crippen MR) is 63.7 cm³/mol. The van der Waals surface area contributed by atoms with E-state index in [9.17, 15) is 14.7 Å². The van der Waals surface area contributed by atoms with Gasteiger partial charge in [-0.15, -0.1) is 0 Å². The third-order valence-corrected chi connectivity index (χ3v) is 2.27. The molecule has 90 valence electrons. The second-order valence-electron chi connectivity index (χ2n) is 3.65. The molecule has 0 aliphatic carbocycles. The molecule has 2 N–H and O–H groups in total. The Balaban J connectivity index is 2.86. The fraction of sp³-hybridized carbons (Fsp3) is 0.231. The Morgan fingerprint density at radius 2 is 1.76 bits per heavy atom. The van der Waals surface area contributed by atoms with Crippen LogP contribution in [0.3, 0.4) is 0 Å². The van der Waals surface area contributed by atoms with Gasteiger partial charge < -0.3 is 10.2 Å². The Kier molecular flexibility index (Phi) is 4.46. The van der Waals surface area contributed by atoms with Gasteiger partial charge in [0.05, 0.1) is 0 Å². The first-order valence-corrected chi connectivity index (χ1v) is 5.31. The van der Waals surface area contributed by atoms with E-state index in [0.29, 0.717) is 11.6 Å². The van der Waals surface area contributed by atoms with Crippen LogP contribution in [0.2, 0.25) is 0 Å². The molecular weight excluding hydrogens is 220 g/mol. The molecule has 0 unspecified atom stereocenters. The van der Waals surface area contributed by atoms with E-state index in [2.05, 4.69) is 6.92 Å². The highest BCUT2D eigenvalue weighted by molar-refractivity contribution is 6.38. The summed E-state index contributed by atoms with van der Waals surface area (Å²) in [6.07, 6.45) is 2.68. The molecule has 1 rings (SSSR count). The molecule has 0 saturated heterocycles. The number of carboxylic acids is 1. The van der Waals surface area contributed by atoms with Crippen LogP contribution >= 0.6 is 0 Å². The summed E-state index contributed by atoms with van der Waals surface area (Å²) in [6, 6.07) is 7.00. The van der Waals surface area contributed by atoms with Gasteiger partial charge in [0.15, 0.2) is 0 Å². The van der Waals surface area contributed by atoms with Crippen LogP contribution in [0.25, 0.3) is 5.76 Å². The van der Waals surface area contributed by atoms with E-state index < -0.39 is 11.8 Å². The van der Waals surface area contributed by atoms with Crippen LogP contribution in [0.5, 0.6) is 0 Å². The number of benzene rings is 1. The van der Waals surface area contributed by atoms with Gasteiger partial charge in [-0.25, -0.2) is 4.79 Å². The van der Waals surface area contributed by atoms with Crippen molar-refractivity contribution in [2.45, 2.75) is 19.8 Å². The summed E-state index contributed by atoms with van der Waals surface area (Å²) in [6.45, 7) is 2.07. The van der Waals surface area contributed by atoms with Crippen molar-refractivity contribution < 1.29 is 19.8 Å². The average Bonchev–Trinajstić information content (AvgIpc) is 2.30. The number of rotatable bonds is 5. The lowest BCUT2D eigenvalue weighted by molar-refractivity contribution is -0.146. The molecule has 0 spiro atoms. The van der Waals surface area contributed by atoms with E-state index in [4.69, 9.17) is 5.11 Å². The molecule has 17 heavy (non-hydrogen) atoms. The summed E-state index contributed by atoms with van der Waals surface area (Å²) in [5.74, 6) is -3.06. The van der Waals surface area contributed by atoms with Crippen molar-refractivity contribution in [1.82, 2.24) is 0 Å². The van der Waals surface area contributed by atoms with E-state index in [0.717, 1.165) is 18.4 Å². The van der Waals surface area contributed by atoms with Crippen molar-refractivity contribution in [3.63, 3.8) is 0 Å². The molecule has 0 saturated carbocycles. The monoisotopic (exact) mass is 234 g/mol. The number of aliphatic hydroxyl groups excluding tert-OH is 1. The second-order valence-corrected chi connectivity index (χ2v) is 3.65. The summed E-state index contributed by atoms with van der Waals surface area (Å²) >= 11 is 0. The Bertz CT molecular complexity index is 443. The fourth-order valence-electron chi connectivity index (χ4n) is 1.40. The molecule has 0 amide bonds. The maximum Gasteiger partial charge on any atom is 0.376 e. The first-order chi connectivity index (χ1) is 8.04. The van der Waals surface area contributed by atoms with Crippen molar-refractivity contribution in [1.29, 1.82) is 0 Å². The molecule has 0 heterocycles. The van der Waals surface area contributed by atoms with Crippen LogP contribution in [0.1, 0.15) is 24.5 Å². The van der Waals surface area contributed by atoms with E-state index in [1.807, 2.05) is 12.1 Å². The van der Waals surface area contributed by atoms with Crippen LogP contribution in [0.4, 0.5) is 0 Å². The van der Waals surface area contributed by atoms with Gasteiger partial charge in [0, 0.05) is 11.6 Å². The van der Waals surface area contributed by atoms with Gasteiger partial charge in [-0.3, -0.25) is 4.79 Å². The van der Waals surface area contributed by atoms with E-state index in [-0.39, 0.29) is 5.76 Å². The van der Waals surface area contributed by atoms with Crippen molar-refractivity contribution in [2.24, 2.45) is 0 Å². The molecule has 0 fully saturated rings. The first-order valence-electron chi connectivity index (χ1n) is 5.31. The van der Waals surface area contributed by atoms with Crippen molar-refractivity contribution >= 4 is 17.5 Å². The minimum absolute atomic E-state index is 0.333. The smallest absolute Gasteiger partial charge is 0.376 e. The first kappa shape index (κ1) is 13.0. The Labute approximate surface area is 99.2 Å². The van der Waals surface area contributed by atoms with Gasteiger partial charge in [-0.05, 0) is 12.0 Å². The van der Waals surface area contributed by atoms with Crippen molar-refractivity contribution in [3.8, 4) is 0 Å². The number of hydrogen-bond acceptors (Lipinski definition) is 3. The summed E-state index contributed by atoms with van der Waals surface area (Å²) in [5.41, 5.74) is 1.56. The fourth-order valence-corrected chi connectivity index (χ4v) is 1.40. The molecule has 0 aromatic heterocycles. The quantitative estimate of drug-likeness (QED) is 0.465. The number of carbonyl (C=O) groups excluding carboxylic acids is 1. The lowest BCUT2D eigenvalue weighted by atomic mass is 10.1. The number of aryl methyl sites for hydroxylation is 1. The zero-order valence-corrected chi connectivity index (χ0v) is 9.51. The highest BCUT2D eigenvalue weighted by Gasteiger charge is 2.10. The van der Waals surface area contributed by atoms with Crippen LogP contribution in [0.15, 0.2) is 30.3 Å². The SMILES string of the molecule is CCCc1ccc(/C(O)=C/C(=O)C(=O)O)cc1. The number of carbonyl (C=O) groups is 2. The summed E-state index contributed by atoms with van der Waals surface area (Å²) in [5, 5.41) is 17.9. The van der Waals surface area contributed by atoms with E-state index in [1.165, 1.54) is 0 Å². The van der Waals surface area contributed by atoms with Gasteiger partial charge in [-0.1, -0.05) is 37.6 Å². The van der Waals surface area contributed by atoms with E-state index >= 15 is 0 Å². The average molecular weight is 234 g/mol. The van der Waals surface area contributed by atoms with Gasteiger partial charge in [-0.2, -0.15) is 0 Å². The van der Waals surface area contributed by atoms with E-state index in [1.54, 1.807) is 12.1 Å². The summed E-state index contributed by atoms with van der Waals surface area (Å²) in [4.78, 5) is 21.2. The lowest BCUT2D eigenvalue weighted by Gasteiger charge is -2.02. The molecule has 4 nitrogen and oxygen atoms in total. The van der Waals surface area contributed by atoms with Crippen LogP contribution in [-0.4, -0.2) is 22.0 Å². The molecule has 0 radical (unpaired) electrons. The molecule has 0 aliphatic heterocycles. The minimum atomic E-state index is -1.58. The Morgan fingerprint density at radius 3 is 2.24 bits per heavy atom. The minimum Gasteiger partial charge on any atom is -0.507 e. The molecular formula is C13H14O4. The second kappa shape index (κ2) is 5.84. The molecule has 0 atom stereocenters. The normalized spacial score (nSPS) is 11.2. The molecule has 1 aromatic rings. The van der Waals surface area contributed by atoms with Gasteiger partial charge in [0.1, 0.15) is 5.76 Å². The van der Waals surface area contributed by atoms with Crippen molar-refractivity contribution in [3.05, 3.63) is 41.5 Å². The number of aliphatic carboxylic acids is 1. The van der Waals surface area contributed by atoms with Crippen molar-refractivity contribution in [2.75, 3.05) is 0 Å². The summed E-state index contributed by atoms with van der Waals surface area (Å²) in [7, 11) is 0.